The maximum atomic E-state index is 11.8. The molecule has 1 saturated heterocycles. The van der Waals surface area contributed by atoms with Crippen LogP contribution >= 0.6 is 0 Å². The molecular weight excluding hydrogens is 380 g/mol. The first-order valence-corrected chi connectivity index (χ1v) is 11.2. The zero-order valence-corrected chi connectivity index (χ0v) is 16.8. The number of hydrogen-bond acceptors (Lipinski definition) is 7. The smallest absolute Gasteiger partial charge is 0.224 e. The third kappa shape index (κ3) is 5.49. The molecule has 1 amide bonds. The van der Waals surface area contributed by atoms with Gasteiger partial charge in [-0.25, -0.2) is 18.4 Å². The van der Waals surface area contributed by atoms with Gasteiger partial charge in [-0.05, 0) is 24.3 Å². The number of carbonyl (C=O) groups is 1. The Morgan fingerprint density at radius 1 is 1.18 bits per heavy atom. The average Bonchev–Trinajstić information content (AvgIpc) is 2.67. The van der Waals surface area contributed by atoms with Crippen LogP contribution in [0.5, 0.6) is 0 Å². The largest absolute Gasteiger partial charge is 0.378 e. The van der Waals surface area contributed by atoms with Gasteiger partial charge >= 0.3 is 0 Å². The lowest BCUT2D eigenvalue weighted by atomic mass is 10.2. The predicted molar refractivity (Wildman–Crippen MR) is 108 cm³/mol. The van der Waals surface area contributed by atoms with E-state index >= 15 is 0 Å². The molecule has 1 aliphatic rings. The summed E-state index contributed by atoms with van der Waals surface area (Å²) in [6, 6.07) is 8.92. The molecule has 0 radical (unpaired) electrons. The Morgan fingerprint density at radius 2 is 1.86 bits per heavy atom. The van der Waals surface area contributed by atoms with Crippen molar-refractivity contribution in [3.63, 3.8) is 0 Å². The van der Waals surface area contributed by atoms with Crippen molar-refractivity contribution in [1.29, 1.82) is 0 Å². The molecule has 28 heavy (non-hydrogen) atoms. The van der Waals surface area contributed by atoms with E-state index in [4.69, 9.17) is 4.74 Å². The van der Waals surface area contributed by atoms with Crippen LogP contribution in [0.1, 0.15) is 19.0 Å². The van der Waals surface area contributed by atoms with Gasteiger partial charge < -0.3 is 15.0 Å². The van der Waals surface area contributed by atoms with Crippen LogP contribution in [-0.4, -0.2) is 56.9 Å². The quantitative estimate of drug-likeness (QED) is 0.784. The van der Waals surface area contributed by atoms with Gasteiger partial charge in [0.1, 0.15) is 5.82 Å². The standard InChI is InChI=1S/C19H24N4O4S/c1-3-18(24)20-15-6-4-14(5-7-15)19-21-16(13-28(2,25)26)12-17(22-19)23-8-10-27-11-9-23/h4-7,12H,3,8-11,13H2,1-2H3,(H,20,24). The van der Waals surface area contributed by atoms with E-state index in [0.717, 1.165) is 5.56 Å². The molecule has 0 spiro atoms. The summed E-state index contributed by atoms with van der Waals surface area (Å²) in [4.78, 5) is 22.7. The van der Waals surface area contributed by atoms with Crippen molar-refractivity contribution in [3.05, 3.63) is 36.0 Å². The molecule has 0 unspecified atom stereocenters. The summed E-state index contributed by atoms with van der Waals surface area (Å²) in [6.07, 6.45) is 1.59. The molecule has 3 rings (SSSR count). The summed E-state index contributed by atoms with van der Waals surface area (Å²) in [6.45, 7) is 4.38. The second-order valence-electron chi connectivity index (χ2n) is 6.69. The fourth-order valence-corrected chi connectivity index (χ4v) is 3.55. The normalized spacial score (nSPS) is 14.7. The van der Waals surface area contributed by atoms with Crippen LogP contribution in [0.3, 0.4) is 0 Å². The Hall–Kier alpha value is -2.52. The number of aromatic nitrogens is 2. The lowest BCUT2D eigenvalue weighted by Crippen LogP contribution is -2.37. The van der Waals surface area contributed by atoms with Crippen molar-refractivity contribution < 1.29 is 17.9 Å². The second-order valence-corrected chi connectivity index (χ2v) is 8.83. The van der Waals surface area contributed by atoms with E-state index in [2.05, 4.69) is 20.2 Å². The molecule has 0 aliphatic carbocycles. The molecule has 0 bridgehead atoms. The highest BCUT2D eigenvalue weighted by molar-refractivity contribution is 7.89. The van der Waals surface area contributed by atoms with Gasteiger partial charge in [0.15, 0.2) is 15.7 Å². The SMILES string of the molecule is CCC(=O)Nc1ccc(-c2nc(CS(C)(=O)=O)cc(N3CCOCC3)n2)cc1. The fourth-order valence-electron chi connectivity index (χ4n) is 2.86. The molecule has 2 heterocycles. The maximum absolute atomic E-state index is 11.8. The van der Waals surface area contributed by atoms with Gasteiger partial charge in [0.05, 0.1) is 24.7 Å². The lowest BCUT2D eigenvalue weighted by molar-refractivity contribution is -0.115. The van der Waals surface area contributed by atoms with E-state index in [-0.39, 0.29) is 11.7 Å². The molecule has 1 aromatic carbocycles. The highest BCUT2D eigenvalue weighted by atomic mass is 32.2. The maximum Gasteiger partial charge on any atom is 0.224 e. The highest BCUT2D eigenvalue weighted by Gasteiger charge is 2.17. The number of nitrogens with one attached hydrogen (secondary N) is 1. The van der Waals surface area contributed by atoms with Crippen LogP contribution in [0.4, 0.5) is 11.5 Å². The molecule has 0 saturated carbocycles. The Morgan fingerprint density at radius 3 is 2.46 bits per heavy atom. The zero-order chi connectivity index (χ0) is 20.1. The van der Waals surface area contributed by atoms with Gasteiger partial charge in [-0.15, -0.1) is 0 Å². The molecule has 2 aromatic rings. The summed E-state index contributed by atoms with van der Waals surface area (Å²) >= 11 is 0. The molecular formula is C19H24N4O4S. The third-order valence-corrected chi connectivity index (χ3v) is 5.08. The van der Waals surface area contributed by atoms with Crippen molar-refractivity contribution in [1.82, 2.24) is 9.97 Å². The molecule has 9 heteroatoms. The first-order chi connectivity index (χ1) is 13.3. The fraction of sp³-hybridized carbons (Fsp3) is 0.421. The third-order valence-electron chi connectivity index (χ3n) is 4.26. The number of sulfone groups is 1. The number of ether oxygens (including phenoxy) is 1. The first kappa shape index (κ1) is 20.2. The van der Waals surface area contributed by atoms with Crippen LogP contribution in [-0.2, 0) is 25.1 Å². The molecule has 8 nitrogen and oxygen atoms in total. The number of morpholine rings is 1. The summed E-state index contributed by atoms with van der Waals surface area (Å²) in [5, 5.41) is 2.79. The number of rotatable bonds is 6. The summed E-state index contributed by atoms with van der Waals surface area (Å²) in [7, 11) is -3.23. The van der Waals surface area contributed by atoms with E-state index in [1.165, 1.54) is 6.26 Å². The molecule has 150 valence electrons. The lowest BCUT2D eigenvalue weighted by Gasteiger charge is -2.28. The molecule has 1 fully saturated rings. The van der Waals surface area contributed by atoms with Crippen LogP contribution in [0.2, 0.25) is 0 Å². The number of anilines is 2. The van der Waals surface area contributed by atoms with Crippen LogP contribution < -0.4 is 10.2 Å². The Bertz CT molecular complexity index is 939. The van der Waals surface area contributed by atoms with Gasteiger partial charge in [-0.1, -0.05) is 6.92 Å². The van der Waals surface area contributed by atoms with Crippen molar-refractivity contribution in [2.45, 2.75) is 19.1 Å². The number of amides is 1. The highest BCUT2D eigenvalue weighted by Crippen LogP contribution is 2.23. The van der Waals surface area contributed by atoms with Gasteiger partial charge in [0.2, 0.25) is 5.91 Å². The van der Waals surface area contributed by atoms with Crippen molar-refractivity contribution in [2.75, 3.05) is 42.8 Å². The van der Waals surface area contributed by atoms with E-state index in [1.54, 1.807) is 25.1 Å². The van der Waals surface area contributed by atoms with E-state index in [0.29, 0.717) is 55.7 Å². The van der Waals surface area contributed by atoms with Crippen LogP contribution in [0.15, 0.2) is 30.3 Å². The number of carbonyl (C=O) groups excluding carboxylic acids is 1. The number of benzene rings is 1. The number of hydrogen-bond donors (Lipinski definition) is 1. The van der Waals surface area contributed by atoms with Gasteiger partial charge in [-0.3, -0.25) is 4.79 Å². The Labute approximate surface area is 164 Å². The summed E-state index contributed by atoms with van der Waals surface area (Å²) in [5.41, 5.74) is 1.90. The topological polar surface area (TPSA) is 101 Å². The van der Waals surface area contributed by atoms with Crippen molar-refractivity contribution >= 4 is 27.2 Å². The minimum absolute atomic E-state index is 0.0613. The predicted octanol–water partition coefficient (Wildman–Crippen LogP) is 1.87. The Kier molecular flexibility index (Phi) is 6.25. The number of nitrogens with zero attached hydrogens (tertiary/aromatic N) is 3. The van der Waals surface area contributed by atoms with E-state index < -0.39 is 9.84 Å². The minimum Gasteiger partial charge on any atom is -0.378 e. The molecule has 1 aromatic heterocycles. The summed E-state index contributed by atoms with van der Waals surface area (Å²) in [5.74, 6) is 0.935. The van der Waals surface area contributed by atoms with Gasteiger partial charge in [0.25, 0.3) is 0 Å². The second kappa shape index (κ2) is 8.66. The molecule has 1 aliphatic heterocycles. The summed E-state index contributed by atoms with van der Waals surface area (Å²) < 4.78 is 28.9. The van der Waals surface area contributed by atoms with Gasteiger partial charge in [-0.2, -0.15) is 0 Å². The molecule has 1 N–H and O–H groups in total. The van der Waals surface area contributed by atoms with Gasteiger partial charge in [0, 0.05) is 43.1 Å². The van der Waals surface area contributed by atoms with Crippen LogP contribution in [0, 0.1) is 0 Å². The Balaban J connectivity index is 1.94. The van der Waals surface area contributed by atoms with E-state index in [9.17, 15) is 13.2 Å². The average molecular weight is 404 g/mol. The zero-order valence-electron chi connectivity index (χ0n) is 16.0. The monoisotopic (exact) mass is 404 g/mol. The first-order valence-electron chi connectivity index (χ1n) is 9.13. The molecule has 0 atom stereocenters. The van der Waals surface area contributed by atoms with Crippen LogP contribution in [0.25, 0.3) is 11.4 Å². The van der Waals surface area contributed by atoms with Crippen molar-refractivity contribution in [2.24, 2.45) is 0 Å². The van der Waals surface area contributed by atoms with E-state index in [1.807, 2.05) is 12.1 Å². The minimum atomic E-state index is -3.23. The van der Waals surface area contributed by atoms with Crippen molar-refractivity contribution in [3.8, 4) is 11.4 Å².